The van der Waals surface area contributed by atoms with Crippen LogP contribution in [0.1, 0.15) is 24.6 Å². The van der Waals surface area contributed by atoms with Crippen LogP contribution in [0.25, 0.3) is 0 Å². The molecule has 2 heterocycles. The van der Waals surface area contributed by atoms with Crippen molar-refractivity contribution < 1.29 is 10.6 Å². The van der Waals surface area contributed by atoms with Gasteiger partial charge in [0.15, 0.2) is 5.78 Å². The van der Waals surface area contributed by atoms with E-state index >= 15 is 0 Å². The van der Waals surface area contributed by atoms with Crippen LogP contribution in [0.15, 0.2) is 82.9 Å². The largest absolute Gasteiger partial charge is 0.362 e. The number of hydrogen-bond acceptors (Lipinski definition) is 4. The van der Waals surface area contributed by atoms with Gasteiger partial charge in [-0.1, -0.05) is 12.1 Å². The smallest absolute Gasteiger partial charge is 0.192 e. The molecule has 1 saturated heterocycles. The van der Waals surface area contributed by atoms with Crippen LogP contribution in [0.2, 0.25) is 0 Å². The topological polar surface area (TPSA) is 54.0 Å². The van der Waals surface area contributed by atoms with Gasteiger partial charge in [0, 0.05) is 18.0 Å². The molecule has 1 fully saturated rings. The summed E-state index contributed by atoms with van der Waals surface area (Å²) in [6.45, 7) is 0. The Labute approximate surface area is 160 Å². The fraction of sp³-hybridized carbons (Fsp3) is 0.100. The molecule has 0 radical (unpaired) electrons. The number of allylic oxidation sites excluding steroid dienone is 5. The lowest BCUT2D eigenvalue weighted by atomic mass is 9.95. The van der Waals surface area contributed by atoms with Gasteiger partial charge in [-0.15, -0.1) is 0 Å². The molecular weight excluding hydrogens is 397 g/mol. The van der Waals surface area contributed by atoms with Gasteiger partial charge in [-0.2, -0.15) is 0 Å². The van der Waals surface area contributed by atoms with Crippen molar-refractivity contribution in [3.05, 3.63) is 99.8 Å². The zero-order chi connectivity index (χ0) is 19.0. The Bertz CT molecular complexity index is 962. The highest BCUT2D eigenvalue weighted by atomic mass is 79.9. The van der Waals surface area contributed by atoms with E-state index in [9.17, 15) is 9.18 Å². The molecule has 2 atom stereocenters. The van der Waals surface area contributed by atoms with Gasteiger partial charge < -0.3 is 10.6 Å². The highest BCUT2D eigenvalue weighted by Gasteiger charge is 2.33. The summed E-state index contributed by atoms with van der Waals surface area (Å²) in [4.78, 5) is 15.9. The Hall–Kier alpha value is -2.73. The molecule has 0 amide bonds. The Morgan fingerprint density at radius 2 is 1.65 bits per heavy atom. The molecule has 26 heavy (non-hydrogen) atoms. The minimum absolute atomic E-state index is 0.0823. The van der Waals surface area contributed by atoms with Crippen molar-refractivity contribution in [2.75, 3.05) is 0 Å². The first kappa shape index (κ1) is 15.5. The maximum absolute atomic E-state index is 13.4. The SMILES string of the molecule is [3H]C1=C/C(=C2\NC(c3ccncc3)C(c3ccc(F)cc3)N2)C=C(Br)C1=O. The number of aromatic nitrogens is 1. The first-order valence-electron chi connectivity index (χ1n) is 8.56. The number of pyridine rings is 1. The molecule has 1 aliphatic carbocycles. The van der Waals surface area contributed by atoms with Gasteiger partial charge in [0.1, 0.15) is 11.6 Å². The molecule has 2 aromatic rings. The molecule has 1 aromatic carbocycles. The van der Waals surface area contributed by atoms with Crippen LogP contribution in [0, 0.1) is 5.82 Å². The Morgan fingerprint density at radius 3 is 2.27 bits per heavy atom. The van der Waals surface area contributed by atoms with E-state index in [1.807, 2.05) is 12.1 Å². The first-order valence-corrected chi connectivity index (χ1v) is 8.85. The second kappa shape index (κ2) is 6.88. The molecule has 1 aromatic heterocycles. The van der Waals surface area contributed by atoms with E-state index in [0.717, 1.165) is 11.1 Å². The van der Waals surface area contributed by atoms with Crippen molar-refractivity contribution in [2.45, 2.75) is 12.1 Å². The minimum Gasteiger partial charge on any atom is -0.362 e. The summed E-state index contributed by atoms with van der Waals surface area (Å²) in [6.07, 6.45) is 6.66. The van der Waals surface area contributed by atoms with Crippen LogP contribution < -0.4 is 10.6 Å². The van der Waals surface area contributed by atoms with Crippen molar-refractivity contribution in [3.8, 4) is 0 Å². The summed E-state index contributed by atoms with van der Waals surface area (Å²) < 4.78 is 21.6. The monoisotopic (exact) mass is 413 g/mol. The molecule has 130 valence electrons. The third-order valence-electron chi connectivity index (χ3n) is 4.37. The highest BCUT2D eigenvalue weighted by Crippen LogP contribution is 2.36. The van der Waals surface area contributed by atoms with Crippen LogP contribution in [-0.4, -0.2) is 10.8 Å². The van der Waals surface area contributed by atoms with Gasteiger partial charge in [0.2, 0.25) is 0 Å². The second-order valence-electron chi connectivity index (χ2n) is 6.02. The Balaban J connectivity index is 1.77. The van der Waals surface area contributed by atoms with E-state index in [-0.39, 0.29) is 29.7 Å². The summed E-state index contributed by atoms with van der Waals surface area (Å²) in [5.74, 6) is 0.0710. The van der Waals surface area contributed by atoms with E-state index < -0.39 is 0 Å². The van der Waals surface area contributed by atoms with E-state index in [4.69, 9.17) is 1.37 Å². The lowest BCUT2D eigenvalue weighted by Crippen LogP contribution is -2.18. The predicted molar refractivity (Wildman–Crippen MR) is 101 cm³/mol. The fourth-order valence-corrected chi connectivity index (χ4v) is 3.44. The molecule has 0 bridgehead atoms. The third-order valence-corrected chi connectivity index (χ3v) is 4.96. The minimum atomic E-state index is -0.349. The number of halogens is 2. The number of carbonyl (C=O) groups excluding carboxylic acids is 1. The van der Waals surface area contributed by atoms with Crippen LogP contribution in [0.3, 0.4) is 0 Å². The van der Waals surface area contributed by atoms with Crippen molar-refractivity contribution in [1.82, 2.24) is 15.6 Å². The summed E-state index contributed by atoms with van der Waals surface area (Å²) >= 11 is 3.22. The molecule has 2 aliphatic rings. The normalized spacial score (nSPS) is 25.8. The van der Waals surface area contributed by atoms with Gasteiger partial charge >= 0.3 is 0 Å². The van der Waals surface area contributed by atoms with Crippen molar-refractivity contribution >= 4 is 21.7 Å². The number of benzene rings is 1. The maximum atomic E-state index is 13.4. The summed E-state index contributed by atoms with van der Waals surface area (Å²) in [5.41, 5.74) is 2.65. The zero-order valence-corrected chi connectivity index (χ0v) is 15.1. The van der Waals surface area contributed by atoms with Gasteiger partial charge in [-0.3, -0.25) is 9.78 Å². The number of rotatable bonds is 2. The summed E-state index contributed by atoms with van der Waals surface area (Å²) in [6, 6.07) is 9.86. The lowest BCUT2D eigenvalue weighted by Gasteiger charge is -2.19. The molecule has 4 rings (SSSR count). The molecule has 4 nitrogen and oxygen atoms in total. The van der Waals surface area contributed by atoms with Crippen LogP contribution in [-0.2, 0) is 4.79 Å². The van der Waals surface area contributed by atoms with E-state index in [1.165, 1.54) is 18.2 Å². The van der Waals surface area contributed by atoms with Crippen molar-refractivity contribution in [2.24, 2.45) is 0 Å². The average molecular weight is 414 g/mol. The Kier molecular flexibility index (Phi) is 4.11. The molecule has 0 spiro atoms. The van der Waals surface area contributed by atoms with Crippen LogP contribution in [0.5, 0.6) is 0 Å². The number of ketones is 1. The van der Waals surface area contributed by atoms with E-state index in [2.05, 4.69) is 31.5 Å². The zero-order valence-electron chi connectivity index (χ0n) is 14.5. The number of nitrogens with zero attached hydrogens (tertiary/aromatic N) is 1. The summed E-state index contributed by atoms with van der Waals surface area (Å²) in [5, 5.41) is 6.86. The number of carbonyl (C=O) groups is 1. The van der Waals surface area contributed by atoms with Gasteiger partial charge in [0.05, 0.1) is 17.9 Å². The molecule has 1 aliphatic heterocycles. The van der Waals surface area contributed by atoms with Gasteiger partial charge in [-0.05, 0) is 69.5 Å². The van der Waals surface area contributed by atoms with Crippen LogP contribution in [0.4, 0.5) is 4.39 Å². The fourth-order valence-electron chi connectivity index (χ4n) is 3.08. The first-order chi connectivity index (χ1) is 13.0. The average Bonchev–Trinajstić information content (AvgIpc) is 3.12. The number of nitrogens with one attached hydrogen (secondary N) is 2. The predicted octanol–water partition coefficient (Wildman–Crippen LogP) is 3.83. The molecular formula is C20H15BrFN3O. The quantitative estimate of drug-likeness (QED) is 0.785. The van der Waals surface area contributed by atoms with Crippen molar-refractivity contribution in [3.63, 3.8) is 0 Å². The second-order valence-corrected chi connectivity index (χ2v) is 6.87. The van der Waals surface area contributed by atoms with E-state index in [1.54, 1.807) is 30.6 Å². The lowest BCUT2D eigenvalue weighted by molar-refractivity contribution is -0.110. The summed E-state index contributed by atoms with van der Waals surface area (Å²) in [7, 11) is 0. The highest BCUT2D eigenvalue weighted by molar-refractivity contribution is 9.12. The molecule has 2 N–H and O–H groups in total. The molecule has 6 heteroatoms. The maximum Gasteiger partial charge on any atom is 0.192 e. The molecule has 2 unspecified atom stereocenters. The van der Waals surface area contributed by atoms with Gasteiger partial charge in [0.25, 0.3) is 0 Å². The third kappa shape index (κ3) is 3.20. The molecule has 0 saturated carbocycles. The van der Waals surface area contributed by atoms with Crippen molar-refractivity contribution in [1.29, 1.82) is 0 Å². The van der Waals surface area contributed by atoms with E-state index in [0.29, 0.717) is 15.9 Å². The Morgan fingerprint density at radius 1 is 1.04 bits per heavy atom. The van der Waals surface area contributed by atoms with Crippen LogP contribution >= 0.6 is 15.9 Å². The standard InChI is InChI=1S/C20H15BrFN3O/c21-16-11-14(3-6-17(16)26)20-24-18(12-1-4-15(22)5-2-12)19(25-20)13-7-9-23-10-8-13/h1-11,18-19,24-25H/b20-14+/i6T. The van der Waals surface area contributed by atoms with Gasteiger partial charge in [-0.25, -0.2) is 4.39 Å². The number of hydrogen-bond donors (Lipinski definition) is 2.